The van der Waals surface area contributed by atoms with Gasteiger partial charge in [0.25, 0.3) is 0 Å². The molecular weight excluding hydrogens is 393 g/mol. The molecule has 1 aromatic heterocycles. The van der Waals surface area contributed by atoms with E-state index in [4.69, 9.17) is 9.47 Å². The molecule has 0 saturated heterocycles. The Bertz CT molecular complexity index is 765. The fourth-order valence-corrected chi connectivity index (χ4v) is 2.97. The number of thiazole rings is 1. The first kappa shape index (κ1) is 22.0. The van der Waals surface area contributed by atoms with Gasteiger partial charge in [0, 0.05) is 24.0 Å². The summed E-state index contributed by atoms with van der Waals surface area (Å²) < 4.78 is 48.7. The molecular formula is C18H23F3N4O2S. The molecule has 2 rings (SSSR count). The van der Waals surface area contributed by atoms with E-state index in [1.807, 2.05) is 31.2 Å². The van der Waals surface area contributed by atoms with Gasteiger partial charge in [-0.2, -0.15) is 13.2 Å². The molecule has 0 bridgehead atoms. The number of methoxy groups -OCH3 is 1. The molecule has 0 amide bonds. The summed E-state index contributed by atoms with van der Waals surface area (Å²) in [4.78, 5) is 7.83. The zero-order valence-corrected chi connectivity index (χ0v) is 16.5. The van der Waals surface area contributed by atoms with Crippen LogP contribution in [0.2, 0.25) is 0 Å². The fourth-order valence-electron chi connectivity index (χ4n) is 2.25. The fraction of sp³-hybridized carbons (Fsp3) is 0.444. The smallest absolute Gasteiger partial charge is 0.434 e. The van der Waals surface area contributed by atoms with Crippen LogP contribution in [-0.4, -0.2) is 37.7 Å². The van der Waals surface area contributed by atoms with Crippen LogP contribution in [0.5, 0.6) is 5.75 Å². The first-order chi connectivity index (χ1) is 13.4. The Kier molecular flexibility index (Phi) is 8.52. The summed E-state index contributed by atoms with van der Waals surface area (Å²) in [6, 6.07) is 7.61. The number of hydrogen-bond donors (Lipinski definition) is 2. The molecule has 154 valence electrons. The van der Waals surface area contributed by atoms with Gasteiger partial charge in [-0.1, -0.05) is 18.2 Å². The molecule has 0 saturated carbocycles. The summed E-state index contributed by atoms with van der Waals surface area (Å²) in [7, 11) is 1.61. The quantitative estimate of drug-likeness (QED) is 0.372. The number of aromatic nitrogens is 1. The van der Waals surface area contributed by atoms with Crippen molar-refractivity contribution in [1.29, 1.82) is 0 Å². The van der Waals surface area contributed by atoms with E-state index in [1.165, 1.54) is 0 Å². The van der Waals surface area contributed by atoms with Gasteiger partial charge in [-0.05, 0) is 13.0 Å². The minimum Gasteiger partial charge on any atom is -0.496 e. The average molecular weight is 416 g/mol. The van der Waals surface area contributed by atoms with Crippen molar-refractivity contribution in [3.63, 3.8) is 0 Å². The van der Waals surface area contributed by atoms with E-state index >= 15 is 0 Å². The van der Waals surface area contributed by atoms with Gasteiger partial charge in [-0.25, -0.2) is 9.98 Å². The predicted molar refractivity (Wildman–Crippen MR) is 103 cm³/mol. The second kappa shape index (κ2) is 10.9. The number of rotatable bonds is 9. The summed E-state index contributed by atoms with van der Waals surface area (Å²) in [5.74, 6) is 1.26. The van der Waals surface area contributed by atoms with Crippen LogP contribution < -0.4 is 15.4 Å². The molecule has 1 heterocycles. The van der Waals surface area contributed by atoms with E-state index in [0.29, 0.717) is 37.3 Å². The molecule has 0 aliphatic carbocycles. The molecule has 0 fully saturated rings. The van der Waals surface area contributed by atoms with Gasteiger partial charge in [0.1, 0.15) is 10.8 Å². The van der Waals surface area contributed by atoms with E-state index in [9.17, 15) is 13.2 Å². The Morgan fingerprint density at radius 1 is 1.25 bits per heavy atom. The van der Waals surface area contributed by atoms with Crippen LogP contribution in [0.15, 0.2) is 34.6 Å². The molecule has 6 nitrogen and oxygen atoms in total. The maximum Gasteiger partial charge on any atom is 0.434 e. The number of alkyl halides is 3. The third kappa shape index (κ3) is 7.01. The van der Waals surface area contributed by atoms with Gasteiger partial charge < -0.3 is 20.1 Å². The van der Waals surface area contributed by atoms with E-state index < -0.39 is 11.9 Å². The molecule has 0 unspecified atom stereocenters. The maximum atomic E-state index is 12.6. The van der Waals surface area contributed by atoms with Crippen molar-refractivity contribution < 1.29 is 22.6 Å². The summed E-state index contributed by atoms with van der Waals surface area (Å²) in [5, 5.41) is 7.41. The average Bonchev–Trinajstić information content (AvgIpc) is 3.15. The van der Waals surface area contributed by atoms with E-state index in [2.05, 4.69) is 20.6 Å². The van der Waals surface area contributed by atoms with Crippen LogP contribution in [-0.2, 0) is 24.1 Å². The van der Waals surface area contributed by atoms with E-state index in [-0.39, 0.29) is 6.54 Å². The van der Waals surface area contributed by atoms with Gasteiger partial charge in [-0.15, -0.1) is 11.3 Å². The molecule has 10 heteroatoms. The number of benzene rings is 1. The maximum absolute atomic E-state index is 12.6. The summed E-state index contributed by atoms with van der Waals surface area (Å²) in [6.45, 7) is 3.93. The molecule has 2 N–H and O–H groups in total. The molecule has 0 spiro atoms. The highest BCUT2D eigenvalue weighted by Gasteiger charge is 2.33. The number of ether oxygens (including phenoxy) is 2. The van der Waals surface area contributed by atoms with Crippen molar-refractivity contribution >= 4 is 17.3 Å². The van der Waals surface area contributed by atoms with Crippen molar-refractivity contribution in [3.8, 4) is 5.75 Å². The van der Waals surface area contributed by atoms with Crippen molar-refractivity contribution in [1.82, 2.24) is 15.6 Å². The van der Waals surface area contributed by atoms with Crippen LogP contribution in [0.4, 0.5) is 13.2 Å². The van der Waals surface area contributed by atoms with Gasteiger partial charge >= 0.3 is 6.18 Å². The number of aliphatic imine (C=N–C) groups is 1. The van der Waals surface area contributed by atoms with Crippen LogP contribution in [0.25, 0.3) is 0 Å². The normalized spacial score (nSPS) is 12.1. The lowest BCUT2D eigenvalue weighted by Gasteiger charge is -2.12. The van der Waals surface area contributed by atoms with Gasteiger partial charge in [0.05, 0.1) is 26.9 Å². The van der Waals surface area contributed by atoms with Gasteiger partial charge in [0.2, 0.25) is 0 Å². The molecule has 0 aliphatic rings. The first-order valence-electron chi connectivity index (χ1n) is 8.67. The standard InChI is InChI=1S/C18H23F3N4O2S/c1-3-22-17(24-10-16-25-15(12-28-16)18(19,20)21)23-8-9-27-11-13-6-4-5-7-14(13)26-2/h4-7,12H,3,8-11H2,1-2H3,(H2,22,23,24). The molecule has 2 aromatic rings. The van der Waals surface area contributed by atoms with E-state index in [0.717, 1.165) is 28.0 Å². The second-order valence-electron chi connectivity index (χ2n) is 5.61. The SMILES string of the molecule is CCNC(=NCc1nc(C(F)(F)F)cs1)NCCOCc1ccccc1OC. The zero-order valence-electron chi connectivity index (χ0n) is 15.7. The highest BCUT2D eigenvalue weighted by molar-refractivity contribution is 7.09. The number of nitrogens with zero attached hydrogens (tertiary/aromatic N) is 2. The third-order valence-corrected chi connectivity index (χ3v) is 4.38. The Morgan fingerprint density at radius 3 is 2.71 bits per heavy atom. The van der Waals surface area contributed by atoms with Crippen molar-refractivity contribution in [3.05, 3.63) is 45.9 Å². The lowest BCUT2D eigenvalue weighted by molar-refractivity contribution is -0.140. The Balaban J connectivity index is 1.79. The number of para-hydroxylation sites is 1. The second-order valence-corrected chi connectivity index (χ2v) is 6.55. The third-order valence-electron chi connectivity index (χ3n) is 3.55. The minimum absolute atomic E-state index is 0.0676. The Labute approximate surface area is 165 Å². The highest BCUT2D eigenvalue weighted by Crippen LogP contribution is 2.30. The van der Waals surface area contributed by atoms with Crippen LogP contribution in [0.1, 0.15) is 23.2 Å². The van der Waals surface area contributed by atoms with Crippen LogP contribution in [0, 0.1) is 0 Å². The first-order valence-corrected chi connectivity index (χ1v) is 9.55. The lowest BCUT2D eigenvalue weighted by atomic mass is 10.2. The summed E-state index contributed by atoms with van der Waals surface area (Å²) >= 11 is 0.939. The van der Waals surface area contributed by atoms with Crippen molar-refractivity contribution in [2.75, 3.05) is 26.8 Å². The molecule has 0 radical (unpaired) electrons. The van der Waals surface area contributed by atoms with E-state index in [1.54, 1.807) is 7.11 Å². The Morgan fingerprint density at radius 2 is 2.04 bits per heavy atom. The van der Waals surface area contributed by atoms with Crippen LogP contribution >= 0.6 is 11.3 Å². The number of hydrogen-bond acceptors (Lipinski definition) is 5. The summed E-state index contributed by atoms with van der Waals surface area (Å²) in [6.07, 6.45) is -4.43. The van der Waals surface area contributed by atoms with Crippen molar-refractivity contribution in [2.45, 2.75) is 26.3 Å². The topological polar surface area (TPSA) is 67.8 Å². The number of halogens is 3. The zero-order chi connectivity index (χ0) is 20.4. The lowest BCUT2D eigenvalue weighted by Crippen LogP contribution is -2.38. The highest BCUT2D eigenvalue weighted by atomic mass is 32.1. The van der Waals surface area contributed by atoms with Crippen LogP contribution in [0.3, 0.4) is 0 Å². The van der Waals surface area contributed by atoms with Crippen molar-refractivity contribution in [2.24, 2.45) is 4.99 Å². The Hall–Kier alpha value is -2.33. The molecule has 0 aliphatic heterocycles. The molecule has 0 atom stereocenters. The molecule has 28 heavy (non-hydrogen) atoms. The number of guanidine groups is 1. The molecule has 1 aromatic carbocycles. The predicted octanol–water partition coefficient (Wildman–Crippen LogP) is 3.44. The van der Waals surface area contributed by atoms with Gasteiger partial charge in [-0.3, -0.25) is 0 Å². The monoisotopic (exact) mass is 416 g/mol. The minimum atomic E-state index is -4.43. The largest absolute Gasteiger partial charge is 0.496 e. The number of nitrogens with one attached hydrogen (secondary N) is 2. The summed E-state index contributed by atoms with van der Waals surface area (Å²) in [5.41, 5.74) is 0.0696. The van der Waals surface area contributed by atoms with Gasteiger partial charge in [0.15, 0.2) is 11.7 Å².